The summed E-state index contributed by atoms with van der Waals surface area (Å²) >= 11 is 0. The van der Waals surface area contributed by atoms with Gasteiger partial charge in [-0.2, -0.15) is 0 Å². The third kappa shape index (κ3) is 4.19. The number of carbonyl (C=O) groups excluding carboxylic acids is 1. The van der Waals surface area contributed by atoms with Gasteiger partial charge in [0.15, 0.2) is 5.82 Å². The number of hydrogen-bond donors (Lipinski definition) is 1. The molecule has 0 unspecified atom stereocenters. The summed E-state index contributed by atoms with van der Waals surface area (Å²) < 4.78 is 31.9. The van der Waals surface area contributed by atoms with Crippen LogP contribution in [0.5, 0.6) is 0 Å². The number of likely N-dealkylation sites (tertiary alicyclic amines) is 1. The van der Waals surface area contributed by atoms with E-state index in [1.165, 1.54) is 18.2 Å². The van der Waals surface area contributed by atoms with E-state index in [2.05, 4.69) is 9.88 Å². The monoisotopic (exact) mass is 363 g/mol. The van der Waals surface area contributed by atoms with Crippen LogP contribution in [0.2, 0.25) is 0 Å². The maximum Gasteiger partial charge on any atom is 0.263 e. The maximum absolute atomic E-state index is 12.5. The Kier molecular flexibility index (Phi) is 5.08. The van der Waals surface area contributed by atoms with Gasteiger partial charge in [0, 0.05) is 24.7 Å². The van der Waals surface area contributed by atoms with E-state index in [-0.39, 0.29) is 16.6 Å². The first kappa shape index (κ1) is 17.5. The molecule has 3 rings (SSSR count). The van der Waals surface area contributed by atoms with Crippen LogP contribution in [0.1, 0.15) is 41.8 Å². The van der Waals surface area contributed by atoms with Crippen molar-refractivity contribution in [1.29, 1.82) is 0 Å². The number of amides is 1. The van der Waals surface area contributed by atoms with Crippen molar-refractivity contribution in [2.75, 3.05) is 17.8 Å². The Morgan fingerprint density at radius 3 is 2.32 bits per heavy atom. The van der Waals surface area contributed by atoms with Crippen molar-refractivity contribution in [3.8, 4) is 0 Å². The third-order valence-electron chi connectivity index (χ3n) is 4.17. The third-order valence-corrected chi connectivity index (χ3v) is 5.54. The van der Waals surface area contributed by atoms with Gasteiger partial charge in [-0.05, 0) is 44.0 Å². The molecule has 0 atom stereocenters. The molecule has 1 aliphatic heterocycles. The zero-order valence-electron chi connectivity index (χ0n) is 14.1. The predicted octanol–water partition coefficient (Wildman–Crippen LogP) is 2.80. The molecule has 7 nitrogen and oxygen atoms in total. The van der Waals surface area contributed by atoms with Crippen molar-refractivity contribution < 1.29 is 17.7 Å². The summed E-state index contributed by atoms with van der Waals surface area (Å²) in [6.45, 7) is 3.19. The molecule has 1 aliphatic rings. The highest BCUT2D eigenvalue weighted by atomic mass is 32.2. The standard InChI is InChI=1S/C17H21N3O4S/c1-13-12-16(18-24-13)19-25(22,23)15-8-6-14(7-9-15)17(21)20-10-4-2-3-5-11-20/h6-9,12H,2-5,10-11H2,1H3,(H,18,19). The van der Waals surface area contributed by atoms with Gasteiger partial charge in [-0.1, -0.05) is 18.0 Å². The van der Waals surface area contributed by atoms with Gasteiger partial charge < -0.3 is 9.42 Å². The maximum atomic E-state index is 12.5. The molecular weight excluding hydrogens is 342 g/mol. The fraction of sp³-hybridized carbons (Fsp3) is 0.412. The largest absolute Gasteiger partial charge is 0.360 e. The van der Waals surface area contributed by atoms with Crippen molar-refractivity contribution in [1.82, 2.24) is 10.1 Å². The summed E-state index contributed by atoms with van der Waals surface area (Å²) in [7, 11) is -3.77. The summed E-state index contributed by atoms with van der Waals surface area (Å²) in [5, 5.41) is 3.62. The lowest BCUT2D eigenvalue weighted by Gasteiger charge is -2.20. The first-order valence-corrected chi connectivity index (χ1v) is 9.79. The summed E-state index contributed by atoms with van der Waals surface area (Å²) in [6.07, 6.45) is 4.32. The molecule has 1 fully saturated rings. The highest BCUT2D eigenvalue weighted by Crippen LogP contribution is 2.18. The summed E-state index contributed by atoms with van der Waals surface area (Å²) in [6, 6.07) is 7.46. The molecule has 25 heavy (non-hydrogen) atoms. The molecule has 1 N–H and O–H groups in total. The lowest BCUT2D eigenvalue weighted by atomic mass is 10.2. The molecule has 2 heterocycles. The molecule has 0 radical (unpaired) electrons. The van der Waals surface area contributed by atoms with E-state index in [4.69, 9.17) is 4.52 Å². The second-order valence-corrected chi connectivity index (χ2v) is 7.84. The molecule has 1 aromatic carbocycles. The molecule has 134 valence electrons. The van der Waals surface area contributed by atoms with Crippen molar-refractivity contribution in [3.63, 3.8) is 0 Å². The lowest BCUT2D eigenvalue weighted by molar-refractivity contribution is 0.0761. The average Bonchev–Trinajstić information content (AvgIpc) is 2.84. The van der Waals surface area contributed by atoms with E-state index < -0.39 is 10.0 Å². The highest BCUT2D eigenvalue weighted by Gasteiger charge is 2.20. The van der Waals surface area contributed by atoms with Crippen LogP contribution >= 0.6 is 0 Å². The minimum atomic E-state index is -3.77. The second-order valence-electron chi connectivity index (χ2n) is 6.16. The molecule has 0 spiro atoms. The summed E-state index contributed by atoms with van der Waals surface area (Å²) in [4.78, 5) is 14.5. The molecule has 0 bridgehead atoms. The number of aryl methyl sites for hydroxylation is 1. The minimum Gasteiger partial charge on any atom is -0.360 e. The normalized spacial score (nSPS) is 15.6. The van der Waals surface area contributed by atoms with E-state index in [0.29, 0.717) is 11.3 Å². The van der Waals surface area contributed by atoms with Crippen LogP contribution in [0.3, 0.4) is 0 Å². The van der Waals surface area contributed by atoms with Crippen LogP contribution in [0.15, 0.2) is 39.8 Å². The first-order chi connectivity index (χ1) is 12.0. The number of benzene rings is 1. The molecule has 1 amide bonds. The Hall–Kier alpha value is -2.35. The van der Waals surface area contributed by atoms with Crippen LogP contribution in [0, 0.1) is 6.92 Å². The van der Waals surface area contributed by atoms with Crippen LogP contribution in [-0.2, 0) is 10.0 Å². The minimum absolute atomic E-state index is 0.0501. The van der Waals surface area contributed by atoms with Crippen molar-refractivity contribution in [2.24, 2.45) is 0 Å². The van der Waals surface area contributed by atoms with Crippen LogP contribution < -0.4 is 4.72 Å². The summed E-state index contributed by atoms with van der Waals surface area (Å²) in [5.41, 5.74) is 0.498. The van der Waals surface area contributed by atoms with Crippen LogP contribution in [0.25, 0.3) is 0 Å². The van der Waals surface area contributed by atoms with Crippen LogP contribution in [0.4, 0.5) is 5.82 Å². The van der Waals surface area contributed by atoms with Crippen molar-refractivity contribution >= 4 is 21.7 Å². The molecule has 2 aromatic rings. The van der Waals surface area contributed by atoms with E-state index in [1.54, 1.807) is 19.1 Å². The van der Waals surface area contributed by atoms with Gasteiger partial charge >= 0.3 is 0 Å². The van der Waals surface area contributed by atoms with Crippen molar-refractivity contribution in [2.45, 2.75) is 37.5 Å². The van der Waals surface area contributed by atoms with E-state index in [9.17, 15) is 13.2 Å². The topological polar surface area (TPSA) is 92.5 Å². The Labute approximate surface area is 147 Å². The molecular formula is C17H21N3O4S. The fourth-order valence-corrected chi connectivity index (χ4v) is 3.83. The van der Waals surface area contributed by atoms with Gasteiger partial charge in [-0.3, -0.25) is 9.52 Å². The molecule has 0 aliphatic carbocycles. The Morgan fingerprint density at radius 1 is 1.12 bits per heavy atom. The van der Waals surface area contributed by atoms with E-state index >= 15 is 0 Å². The number of anilines is 1. The quantitative estimate of drug-likeness (QED) is 0.902. The zero-order chi connectivity index (χ0) is 17.9. The number of carbonyl (C=O) groups is 1. The Morgan fingerprint density at radius 2 is 1.76 bits per heavy atom. The van der Waals surface area contributed by atoms with E-state index in [1.807, 2.05) is 4.90 Å². The van der Waals surface area contributed by atoms with Gasteiger partial charge in [-0.25, -0.2) is 8.42 Å². The van der Waals surface area contributed by atoms with Crippen LogP contribution in [-0.4, -0.2) is 37.5 Å². The average molecular weight is 363 g/mol. The Bertz CT molecular complexity index is 835. The van der Waals surface area contributed by atoms with Gasteiger partial charge in [0.2, 0.25) is 0 Å². The van der Waals surface area contributed by atoms with Gasteiger partial charge in [-0.15, -0.1) is 0 Å². The number of aromatic nitrogens is 1. The van der Waals surface area contributed by atoms with Gasteiger partial charge in [0.05, 0.1) is 4.90 Å². The first-order valence-electron chi connectivity index (χ1n) is 8.31. The summed E-state index contributed by atoms with van der Waals surface area (Å²) in [5.74, 6) is 0.587. The SMILES string of the molecule is Cc1cc(NS(=O)(=O)c2ccc(C(=O)N3CCCCCC3)cc2)no1. The number of nitrogens with one attached hydrogen (secondary N) is 1. The Balaban J connectivity index is 1.73. The predicted molar refractivity (Wildman–Crippen MR) is 92.9 cm³/mol. The highest BCUT2D eigenvalue weighted by molar-refractivity contribution is 7.92. The smallest absolute Gasteiger partial charge is 0.263 e. The zero-order valence-corrected chi connectivity index (χ0v) is 14.9. The van der Waals surface area contributed by atoms with Crippen molar-refractivity contribution in [3.05, 3.63) is 41.7 Å². The van der Waals surface area contributed by atoms with Gasteiger partial charge in [0.1, 0.15) is 5.76 Å². The molecule has 1 aromatic heterocycles. The fourth-order valence-electron chi connectivity index (χ4n) is 2.84. The lowest BCUT2D eigenvalue weighted by Crippen LogP contribution is -2.31. The van der Waals surface area contributed by atoms with E-state index in [0.717, 1.165) is 38.8 Å². The molecule has 8 heteroatoms. The number of sulfonamides is 1. The second kappa shape index (κ2) is 7.26. The molecule has 1 saturated heterocycles. The number of nitrogens with zero attached hydrogens (tertiary/aromatic N) is 2. The number of rotatable bonds is 4. The number of hydrogen-bond acceptors (Lipinski definition) is 5. The van der Waals surface area contributed by atoms with Gasteiger partial charge in [0.25, 0.3) is 15.9 Å². The molecule has 0 saturated carbocycles.